The molecule has 0 bridgehead atoms. The van der Waals surface area contributed by atoms with Crippen LogP contribution < -0.4 is 4.74 Å². The summed E-state index contributed by atoms with van der Waals surface area (Å²) in [5.41, 5.74) is 1.57. The third kappa shape index (κ3) is 2.96. The number of para-hydroxylation sites is 1. The maximum atomic E-state index is 13.7. The summed E-state index contributed by atoms with van der Waals surface area (Å²) in [5.74, 6) is 0.333. The summed E-state index contributed by atoms with van der Waals surface area (Å²) in [5, 5.41) is 0. The summed E-state index contributed by atoms with van der Waals surface area (Å²) in [7, 11) is 1.70. The van der Waals surface area contributed by atoms with Crippen molar-refractivity contribution >= 4 is 5.91 Å². The molecule has 1 unspecified atom stereocenters. The Kier molecular flexibility index (Phi) is 4.09. The minimum Gasteiger partial charge on any atom is -0.492 e. The molecule has 0 spiro atoms. The fraction of sp³-hybridized carbons (Fsp3) is 0.278. The van der Waals surface area contributed by atoms with E-state index in [2.05, 4.69) is 0 Å². The number of fused-ring (bicyclic) bond motifs is 1. The number of carbonyl (C=O) groups excluding carboxylic acids is 1. The van der Waals surface area contributed by atoms with Crippen LogP contribution in [-0.4, -0.2) is 24.5 Å². The van der Waals surface area contributed by atoms with E-state index in [0.717, 1.165) is 11.3 Å². The predicted octanol–water partition coefficient (Wildman–Crippen LogP) is 3.04. The van der Waals surface area contributed by atoms with E-state index in [4.69, 9.17) is 4.74 Å². The van der Waals surface area contributed by atoms with Gasteiger partial charge in [-0.05, 0) is 24.1 Å². The van der Waals surface area contributed by atoms with Crippen LogP contribution in [0.1, 0.15) is 11.1 Å². The Bertz CT molecular complexity index is 686. The summed E-state index contributed by atoms with van der Waals surface area (Å²) >= 11 is 0. The van der Waals surface area contributed by atoms with E-state index in [9.17, 15) is 9.18 Å². The monoisotopic (exact) mass is 299 g/mol. The highest BCUT2D eigenvalue weighted by Crippen LogP contribution is 2.27. The average Bonchev–Trinajstić information content (AvgIpc) is 2.55. The first-order valence-corrected chi connectivity index (χ1v) is 7.34. The van der Waals surface area contributed by atoms with Crippen LogP contribution in [0.4, 0.5) is 4.39 Å². The zero-order valence-corrected chi connectivity index (χ0v) is 12.5. The van der Waals surface area contributed by atoms with Crippen LogP contribution in [0.5, 0.6) is 5.75 Å². The summed E-state index contributed by atoms with van der Waals surface area (Å²) < 4.78 is 19.3. The van der Waals surface area contributed by atoms with Gasteiger partial charge in [0.15, 0.2) is 0 Å². The Balaban J connectivity index is 1.68. The molecule has 1 aliphatic rings. The first-order chi connectivity index (χ1) is 10.6. The molecule has 2 aromatic carbocycles. The summed E-state index contributed by atoms with van der Waals surface area (Å²) in [4.78, 5) is 14.1. The molecule has 0 radical (unpaired) electrons. The molecule has 3 rings (SSSR count). The van der Waals surface area contributed by atoms with Gasteiger partial charge in [0.1, 0.15) is 18.2 Å². The minimum atomic E-state index is -0.285. The van der Waals surface area contributed by atoms with E-state index < -0.39 is 0 Å². The van der Waals surface area contributed by atoms with Gasteiger partial charge in [-0.1, -0.05) is 36.4 Å². The molecule has 4 heteroatoms. The zero-order valence-electron chi connectivity index (χ0n) is 12.5. The third-order valence-electron chi connectivity index (χ3n) is 3.97. The van der Waals surface area contributed by atoms with Gasteiger partial charge in [0.05, 0.1) is 5.92 Å². The molecule has 114 valence electrons. The van der Waals surface area contributed by atoms with Crippen LogP contribution in [0, 0.1) is 11.7 Å². The average molecular weight is 299 g/mol. The molecular formula is C18H18FNO2. The van der Waals surface area contributed by atoms with Crippen molar-refractivity contribution in [2.24, 2.45) is 5.92 Å². The summed E-state index contributed by atoms with van der Waals surface area (Å²) in [6.45, 7) is 0.640. The fourth-order valence-electron chi connectivity index (χ4n) is 2.76. The van der Waals surface area contributed by atoms with Gasteiger partial charge in [-0.25, -0.2) is 4.39 Å². The largest absolute Gasteiger partial charge is 0.492 e. The molecule has 0 N–H and O–H groups in total. The number of hydrogen-bond acceptors (Lipinski definition) is 2. The lowest BCUT2D eigenvalue weighted by atomic mass is 9.95. The number of ether oxygens (including phenoxy) is 1. The van der Waals surface area contributed by atoms with Crippen LogP contribution in [0.3, 0.4) is 0 Å². The van der Waals surface area contributed by atoms with Crippen LogP contribution in [0.2, 0.25) is 0 Å². The van der Waals surface area contributed by atoms with Crippen LogP contribution in [-0.2, 0) is 17.8 Å². The number of hydrogen-bond donors (Lipinski definition) is 0. The van der Waals surface area contributed by atoms with Crippen molar-refractivity contribution in [2.45, 2.75) is 13.0 Å². The van der Waals surface area contributed by atoms with Crippen molar-refractivity contribution in [1.82, 2.24) is 4.90 Å². The van der Waals surface area contributed by atoms with Gasteiger partial charge < -0.3 is 9.64 Å². The molecule has 0 fully saturated rings. The van der Waals surface area contributed by atoms with Crippen molar-refractivity contribution in [1.29, 1.82) is 0 Å². The van der Waals surface area contributed by atoms with Crippen LogP contribution in [0.15, 0.2) is 48.5 Å². The summed E-state index contributed by atoms with van der Waals surface area (Å²) in [6, 6.07) is 14.3. The molecule has 0 aliphatic carbocycles. The lowest BCUT2D eigenvalue weighted by Crippen LogP contribution is -2.38. The number of benzene rings is 2. The quantitative estimate of drug-likeness (QED) is 0.872. The standard InChI is InChI=1S/C18H18FNO2/c1-20(11-14-7-2-4-8-16(14)19)18(21)15-10-13-6-3-5-9-17(13)22-12-15/h2-9,15H,10-12H2,1H3. The lowest BCUT2D eigenvalue weighted by molar-refractivity contribution is -0.136. The number of nitrogens with zero attached hydrogens (tertiary/aromatic N) is 1. The van der Waals surface area contributed by atoms with Gasteiger partial charge in [0.25, 0.3) is 0 Å². The molecular weight excluding hydrogens is 281 g/mol. The highest BCUT2D eigenvalue weighted by Gasteiger charge is 2.28. The van der Waals surface area contributed by atoms with E-state index >= 15 is 0 Å². The van der Waals surface area contributed by atoms with E-state index in [0.29, 0.717) is 18.6 Å². The van der Waals surface area contributed by atoms with Crippen molar-refractivity contribution in [3.05, 3.63) is 65.5 Å². The second-order valence-corrected chi connectivity index (χ2v) is 5.61. The Labute approximate surface area is 129 Å². The minimum absolute atomic E-state index is 0.0160. The van der Waals surface area contributed by atoms with Gasteiger partial charge in [0.2, 0.25) is 5.91 Å². The number of amides is 1. The van der Waals surface area contributed by atoms with Crippen LogP contribution in [0.25, 0.3) is 0 Å². The van der Waals surface area contributed by atoms with Gasteiger partial charge >= 0.3 is 0 Å². The normalized spacial score (nSPS) is 16.5. The Hall–Kier alpha value is -2.36. The lowest BCUT2D eigenvalue weighted by Gasteiger charge is -2.28. The number of carbonyl (C=O) groups is 1. The smallest absolute Gasteiger partial charge is 0.229 e. The molecule has 1 amide bonds. The molecule has 0 saturated heterocycles. The molecule has 2 aromatic rings. The molecule has 0 saturated carbocycles. The van der Waals surface area contributed by atoms with Crippen LogP contribution >= 0.6 is 0 Å². The predicted molar refractivity (Wildman–Crippen MR) is 82.0 cm³/mol. The van der Waals surface area contributed by atoms with E-state index in [1.165, 1.54) is 6.07 Å². The van der Waals surface area contributed by atoms with E-state index in [-0.39, 0.29) is 24.2 Å². The van der Waals surface area contributed by atoms with Gasteiger partial charge in [-0.3, -0.25) is 4.79 Å². The van der Waals surface area contributed by atoms with Gasteiger partial charge in [-0.2, -0.15) is 0 Å². The topological polar surface area (TPSA) is 29.5 Å². The third-order valence-corrected chi connectivity index (χ3v) is 3.97. The van der Waals surface area contributed by atoms with Gasteiger partial charge in [-0.15, -0.1) is 0 Å². The molecule has 1 atom stereocenters. The zero-order chi connectivity index (χ0) is 15.5. The second-order valence-electron chi connectivity index (χ2n) is 5.61. The van der Waals surface area contributed by atoms with E-state index in [1.54, 1.807) is 30.1 Å². The molecule has 1 heterocycles. The Morgan fingerprint density at radius 1 is 1.23 bits per heavy atom. The Morgan fingerprint density at radius 2 is 1.95 bits per heavy atom. The number of halogens is 1. The molecule has 3 nitrogen and oxygen atoms in total. The van der Waals surface area contributed by atoms with Crippen molar-refractivity contribution < 1.29 is 13.9 Å². The maximum absolute atomic E-state index is 13.7. The van der Waals surface area contributed by atoms with Gasteiger partial charge in [0, 0.05) is 19.2 Å². The van der Waals surface area contributed by atoms with E-state index in [1.807, 2.05) is 24.3 Å². The molecule has 1 aliphatic heterocycles. The maximum Gasteiger partial charge on any atom is 0.229 e. The number of rotatable bonds is 3. The molecule has 22 heavy (non-hydrogen) atoms. The Morgan fingerprint density at radius 3 is 2.77 bits per heavy atom. The van der Waals surface area contributed by atoms with Crippen molar-refractivity contribution in [3.8, 4) is 5.75 Å². The highest BCUT2D eigenvalue weighted by atomic mass is 19.1. The molecule has 0 aromatic heterocycles. The SMILES string of the molecule is CN(Cc1ccccc1F)C(=O)C1COc2ccccc2C1. The van der Waals surface area contributed by atoms with Crippen molar-refractivity contribution in [2.75, 3.05) is 13.7 Å². The highest BCUT2D eigenvalue weighted by molar-refractivity contribution is 5.79. The first kappa shape index (κ1) is 14.6. The summed E-state index contributed by atoms with van der Waals surface area (Å²) in [6.07, 6.45) is 0.663. The fourth-order valence-corrected chi connectivity index (χ4v) is 2.76. The second kappa shape index (κ2) is 6.18. The van der Waals surface area contributed by atoms with Crippen molar-refractivity contribution in [3.63, 3.8) is 0 Å². The first-order valence-electron chi connectivity index (χ1n) is 7.34.